The highest BCUT2D eigenvalue weighted by molar-refractivity contribution is 8.00. The fourth-order valence-corrected chi connectivity index (χ4v) is 6.37. The van der Waals surface area contributed by atoms with Crippen LogP contribution in [0.1, 0.15) is 27.0 Å². The molecular weight excluding hydrogens is 564 g/mol. The first kappa shape index (κ1) is 30.2. The SMILES string of the molecule is CC(C)OC(=O)[C@@H](C)N(Sc1ccccc1)[PH](=O)OC[C@H]1O[C@@H](n2cnc3c(N(C)C)nc(N)nc32)[C@H](F)[C@@H]1O. The van der Waals surface area contributed by atoms with E-state index in [1.807, 2.05) is 6.07 Å². The van der Waals surface area contributed by atoms with Crippen molar-refractivity contribution in [3.8, 4) is 0 Å². The molecule has 218 valence electrons. The molecule has 3 N–H and O–H groups in total. The van der Waals surface area contributed by atoms with E-state index >= 15 is 4.39 Å². The highest BCUT2D eigenvalue weighted by atomic mass is 32.2. The lowest BCUT2D eigenvalue weighted by Gasteiger charge is -2.26. The number of benzene rings is 1. The smallest absolute Gasteiger partial charge is 0.324 e. The van der Waals surface area contributed by atoms with Gasteiger partial charge in [-0.25, -0.2) is 9.37 Å². The van der Waals surface area contributed by atoms with Gasteiger partial charge in [-0.05, 0) is 44.9 Å². The Bertz CT molecular complexity index is 1350. The Hall–Kier alpha value is -2.81. The molecule has 0 saturated carbocycles. The second kappa shape index (κ2) is 12.8. The van der Waals surface area contributed by atoms with E-state index in [1.165, 1.54) is 15.0 Å². The van der Waals surface area contributed by atoms with Crippen LogP contribution in [-0.2, 0) is 23.4 Å². The van der Waals surface area contributed by atoms with E-state index in [2.05, 4.69) is 15.0 Å². The summed E-state index contributed by atoms with van der Waals surface area (Å²) in [7, 11) is 0.425. The number of imidazole rings is 1. The van der Waals surface area contributed by atoms with Gasteiger partial charge in [0, 0.05) is 19.0 Å². The molecule has 0 amide bonds. The molecule has 0 bridgehead atoms. The molecule has 1 aliphatic heterocycles. The molecule has 1 aromatic carbocycles. The van der Waals surface area contributed by atoms with Gasteiger partial charge in [0.1, 0.15) is 18.2 Å². The highest BCUT2D eigenvalue weighted by Gasteiger charge is 2.46. The molecule has 13 nitrogen and oxygen atoms in total. The van der Waals surface area contributed by atoms with Crippen molar-refractivity contribution in [2.75, 3.05) is 31.3 Å². The first-order chi connectivity index (χ1) is 19.0. The zero-order valence-corrected chi connectivity index (χ0v) is 24.5. The molecule has 2 aromatic heterocycles. The number of ether oxygens (including phenoxy) is 2. The maximum Gasteiger partial charge on any atom is 0.324 e. The minimum absolute atomic E-state index is 0.0356. The fourth-order valence-electron chi connectivity index (χ4n) is 3.99. The van der Waals surface area contributed by atoms with Crippen LogP contribution in [0.25, 0.3) is 11.2 Å². The quantitative estimate of drug-likeness (QED) is 0.189. The second-order valence-corrected chi connectivity index (χ2v) is 12.3. The standard InChI is InChI=1S/C24H33FN7O6PS/c1-13(2)37-23(34)14(3)32(40-15-9-7-6-8-10-15)39(35)36-11-16-19(33)17(25)22(38-16)31-12-27-18-20(30(4)5)28-24(26)29-21(18)31/h6-10,12-14,16-17,19,22,33,39H,11H2,1-5H3,(H2,26,28,29)/t14-,16-,17-,19-,22-/m1/s1. The molecular formula is C24H33FN7O6PS. The van der Waals surface area contributed by atoms with Crippen LogP contribution >= 0.6 is 20.1 Å². The summed E-state index contributed by atoms with van der Waals surface area (Å²) in [5.74, 6) is -0.173. The number of carbonyl (C=O) groups excluding carboxylic acids is 1. The number of fused-ring (bicyclic) bond motifs is 1. The zero-order valence-electron chi connectivity index (χ0n) is 22.7. The minimum atomic E-state index is -3.09. The van der Waals surface area contributed by atoms with Gasteiger partial charge in [-0.2, -0.15) is 14.0 Å². The van der Waals surface area contributed by atoms with Gasteiger partial charge in [-0.3, -0.25) is 13.9 Å². The summed E-state index contributed by atoms with van der Waals surface area (Å²) in [6, 6.07) is 8.10. The van der Waals surface area contributed by atoms with Gasteiger partial charge in [0.15, 0.2) is 29.4 Å². The summed E-state index contributed by atoms with van der Waals surface area (Å²) < 4.78 is 48.0. The molecule has 3 heterocycles. The van der Waals surface area contributed by atoms with Crippen molar-refractivity contribution in [2.45, 2.75) is 62.4 Å². The van der Waals surface area contributed by atoms with E-state index in [1.54, 1.807) is 64.0 Å². The number of aromatic nitrogens is 4. The fraction of sp³-hybridized carbons (Fsp3) is 0.500. The number of hydrogen-bond donors (Lipinski definition) is 2. The van der Waals surface area contributed by atoms with Crippen LogP contribution in [0.2, 0.25) is 0 Å². The van der Waals surface area contributed by atoms with E-state index in [4.69, 9.17) is 19.7 Å². The van der Waals surface area contributed by atoms with Crippen molar-refractivity contribution in [1.82, 2.24) is 23.6 Å². The lowest BCUT2D eigenvalue weighted by Crippen LogP contribution is -2.34. The van der Waals surface area contributed by atoms with Crippen LogP contribution in [0, 0.1) is 0 Å². The van der Waals surface area contributed by atoms with Crippen molar-refractivity contribution in [3.63, 3.8) is 0 Å². The lowest BCUT2D eigenvalue weighted by molar-refractivity contribution is -0.150. The maximum absolute atomic E-state index is 15.3. The Balaban J connectivity index is 1.50. The number of halogens is 1. The third-order valence-electron chi connectivity index (χ3n) is 5.95. The number of aliphatic hydroxyl groups is 1. The summed E-state index contributed by atoms with van der Waals surface area (Å²) in [5, 5.41) is 10.6. The average molecular weight is 598 g/mol. The summed E-state index contributed by atoms with van der Waals surface area (Å²) in [6.45, 7) is 4.58. The van der Waals surface area contributed by atoms with Gasteiger partial charge in [-0.15, -0.1) is 0 Å². The van der Waals surface area contributed by atoms with Crippen molar-refractivity contribution < 1.29 is 32.9 Å². The number of nitrogens with two attached hydrogens (primary N) is 1. The lowest BCUT2D eigenvalue weighted by atomic mass is 10.1. The van der Waals surface area contributed by atoms with Crippen molar-refractivity contribution in [3.05, 3.63) is 36.7 Å². The number of alkyl halides is 1. The van der Waals surface area contributed by atoms with Crippen LogP contribution in [0.3, 0.4) is 0 Å². The topological polar surface area (TPSA) is 158 Å². The monoisotopic (exact) mass is 597 g/mol. The maximum atomic E-state index is 15.3. The number of carbonyl (C=O) groups is 1. The van der Waals surface area contributed by atoms with Gasteiger partial charge in [0.25, 0.3) is 8.18 Å². The Morgan fingerprint density at radius 1 is 1.27 bits per heavy atom. The Morgan fingerprint density at radius 2 is 1.98 bits per heavy atom. The van der Waals surface area contributed by atoms with Crippen molar-refractivity contribution in [1.29, 1.82) is 0 Å². The molecule has 1 unspecified atom stereocenters. The van der Waals surface area contributed by atoms with Gasteiger partial charge in [0.2, 0.25) is 5.95 Å². The predicted molar refractivity (Wildman–Crippen MR) is 149 cm³/mol. The third kappa shape index (κ3) is 6.56. The molecule has 1 fully saturated rings. The Labute approximate surface area is 235 Å². The van der Waals surface area contributed by atoms with Crippen LogP contribution in [0.15, 0.2) is 41.6 Å². The number of aliphatic hydroxyl groups excluding tert-OH is 1. The highest BCUT2D eigenvalue weighted by Crippen LogP contribution is 2.43. The van der Waals surface area contributed by atoms with Gasteiger partial charge in [0.05, 0.1) is 19.0 Å². The zero-order chi connectivity index (χ0) is 29.1. The van der Waals surface area contributed by atoms with Crippen LogP contribution < -0.4 is 10.6 Å². The second-order valence-electron chi connectivity index (χ2n) is 9.59. The first-order valence-electron chi connectivity index (χ1n) is 12.5. The molecule has 4 rings (SSSR count). The number of rotatable bonds is 11. The molecule has 3 aromatic rings. The van der Waals surface area contributed by atoms with E-state index in [9.17, 15) is 14.5 Å². The Morgan fingerprint density at radius 3 is 2.62 bits per heavy atom. The summed E-state index contributed by atoms with van der Waals surface area (Å²) >= 11 is 1.07. The van der Waals surface area contributed by atoms with E-state index in [0.29, 0.717) is 11.3 Å². The Kier molecular flexibility index (Phi) is 9.64. The van der Waals surface area contributed by atoms with Crippen molar-refractivity contribution >= 4 is 49.0 Å². The third-order valence-corrected chi connectivity index (χ3v) is 8.83. The van der Waals surface area contributed by atoms with Crippen molar-refractivity contribution in [2.24, 2.45) is 0 Å². The van der Waals surface area contributed by atoms with Crippen LogP contribution in [0.4, 0.5) is 16.2 Å². The largest absolute Gasteiger partial charge is 0.462 e. The summed E-state index contributed by atoms with van der Waals surface area (Å²) in [6.07, 6.45) is -4.96. The van der Waals surface area contributed by atoms with E-state index < -0.39 is 51.4 Å². The predicted octanol–water partition coefficient (Wildman–Crippen LogP) is 2.83. The van der Waals surface area contributed by atoms with Gasteiger partial charge in [-0.1, -0.05) is 18.2 Å². The van der Waals surface area contributed by atoms with Crippen LogP contribution in [-0.4, -0.2) is 85.9 Å². The van der Waals surface area contributed by atoms with E-state index in [-0.39, 0.29) is 17.7 Å². The molecule has 40 heavy (non-hydrogen) atoms. The molecule has 0 spiro atoms. The van der Waals surface area contributed by atoms with E-state index in [0.717, 1.165) is 16.8 Å². The first-order valence-corrected chi connectivity index (χ1v) is 14.6. The summed E-state index contributed by atoms with van der Waals surface area (Å²) in [5.41, 5.74) is 6.46. The van der Waals surface area contributed by atoms with Crippen LogP contribution in [0.5, 0.6) is 0 Å². The molecule has 0 radical (unpaired) electrons. The average Bonchev–Trinajstić information content (AvgIpc) is 3.45. The number of nitrogen functional groups attached to an aromatic ring is 1. The molecule has 1 saturated heterocycles. The number of esters is 1. The number of nitrogens with zero attached hydrogens (tertiary/aromatic N) is 6. The molecule has 16 heteroatoms. The minimum Gasteiger partial charge on any atom is -0.462 e. The van der Waals surface area contributed by atoms with Gasteiger partial charge >= 0.3 is 5.97 Å². The molecule has 0 aliphatic carbocycles. The number of anilines is 2. The van der Waals surface area contributed by atoms with Gasteiger partial charge < -0.3 is 29.7 Å². The molecule has 6 atom stereocenters. The number of hydrogen-bond acceptors (Lipinski definition) is 12. The normalized spacial score (nSPS) is 22.6. The summed E-state index contributed by atoms with van der Waals surface area (Å²) in [4.78, 5) is 27.7. The molecule has 1 aliphatic rings.